The number of hydrogen-bond acceptors (Lipinski definition) is 3. The van der Waals surface area contributed by atoms with Crippen molar-refractivity contribution in [1.82, 2.24) is 4.90 Å². The zero-order valence-corrected chi connectivity index (χ0v) is 15.8. The van der Waals surface area contributed by atoms with Crippen LogP contribution >= 0.6 is 0 Å². The summed E-state index contributed by atoms with van der Waals surface area (Å²) in [6.45, 7) is 6.33. The van der Waals surface area contributed by atoms with Crippen molar-refractivity contribution in [3.05, 3.63) is 71.8 Å². The molecular formula is C22H28N2O2. The number of nitrogens with zero attached hydrogens (tertiary/aromatic N) is 1. The minimum absolute atomic E-state index is 0.151. The number of rotatable bonds is 3. The molecule has 0 radical (unpaired) electrons. The highest BCUT2D eigenvalue weighted by Crippen LogP contribution is 2.38. The molecular weight excluding hydrogens is 324 g/mol. The molecule has 1 aliphatic heterocycles. The number of hydrogen-bond donors (Lipinski definition) is 1. The van der Waals surface area contributed by atoms with E-state index in [1.54, 1.807) is 0 Å². The first-order chi connectivity index (χ1) is 12.3. The SMILES string of the molecule is CC(C)(C)OC(=O)N1CCC[C@H]1C(N)(c1ccccc1)c1ccccc1. The Kier molecular flexibility index (Phi) is 5.05. The summed E-state index contributed by atoms with van der Waals surface area (Å²) in [6, 6.07) is 19.9. The molecule has 3 rings (SSSR count). The topological polar surface area (TPSA) is 55.6 Å². The monoisotopic (exact) mass is 352 g/mol. The number of amides is 1. The Morgan fingerprint density at radius 2 is 1.50 bits per heavy atom. The van der Waals surface area contributed by atoms with Crippen LogP contribution in [0.5, 0.6) is 0 Å². The molecule has 2 N–H and O–H groups in total. The van der Waals surface area contributed by atoms with Gasteiger partial charge in [-0.3, -0.25) is 0 Å². The third-order valence-corrected chi connectivity index (χ3v) is 4.91. The zero-order chi connectivity index (χ0) is 18.8. The van der Waals surface area contributed by atoms with Crippen molar-refractivity contribution >= 4 is 6.09 Å². The van der Waals surface area contributed by atoms with Gasteiger partial charge in [-0.1, -0.05) is 60.7 Å². The second kappa shape index (κ2) is 7.12. The van der Waals surface area contributed by atoms with E-state index in [4.69, 9.17) is 10.5 Å². The van der Waals surface area contributed by atoms with E-state index in [2.05, 4.69) is 0 Å². The molecule has 2 aromatic carbocycles. The number of benzene rings is 2. The third-order valence-electron chi connectivity index (χ3n) is 4.91. The van der Waals surface area contributed by atoms with Crippen LogP contribution < -0.4 is 5.73 Å². The van der Waals surface area contributed by atoms with E-state index in [0.29, 0.717) is 6.54 Å². The molecule has 0 unspecified atom stereocenters. The van der Waals surface area contributed by atoms with Crippen molar-refractivity contribution in [3.63, 3.8) is 0 Å². The van der Waals surface area contributed by atoms with Crippen molar-refractivity contribution in [2.75, 3.05) is 6.54 Å². The van der Waals surface area contributed by atoms with Crippen molar-refractivity contribution in [2.24, 2.45) is 5.73 Å². The smallest absolute Gasteiger partial charge is 0.410 e. The van der Waals surface area contributed by atoms with Crippen LogP contribution in [0.3, 0.4) is 0 Å². The van der Waals surface area contributed by atoms with Crippen LogP contribution in [0.25, 0.3) is 0 Å². The minimum Gasteiger partial charge on any atom is -0.444 e. The van der Waals surface area contributed by atoms with Gasteiger partial charge in [0.1, 0.15) is 5.60 Å². The molecule has 1 aliphatic rings. The summed E-state index contributed by atoms with van der Waals surface area (Å²) in [5.41, 5.74) is 7.79. The fourth-order valence-corrected chi connectivity index (χ4v) is 3.76. The van der Waals surface area contributed by atoms with Crippen LogP contribution in [-0.2, 0) is 10.3 Å². The molecule has 1 fully saturated rings. The average Bonchev–Trinajstić information content (AvgIpc) is 3.11. The first-order valence-electron chi connectivity index (χ1n) is 9.22. The van der Waals surface area contributed by atoms with E-state index in [1.165, 1.54) is 0 Å². The molecule has 138 valence electrons. The van der Waals surface area contributed by atoms with Crippen molar-refractivity contribution in [3.8, 4) is 0 Å². The summed E-state index contributed by atoms with van der Waals surface area (Å²) >= 11 is 0. The van der Waals surface area contributed by atoms with Gasteiger partial charge in [-0.25, -0.2) is 4.79 Å². The molecule has 1 heterocycles. The molecule has 0 aliphatic carbocycles. The standard InChI is InChI=1S/C22H28N2O2/c1-21(2,3)26-20(25)24-16-10-15-19(24)22(23,17-11-6-4-7-12-17)18-13-8-5-9-14-18/h4-9,11-14,19H,10,15-16,23H2,1-3H3/t19-/m0/s1. The first kappa shape index (κ1) is 18.5. The lowest BCUT2D eigenvalue weighted by atomic mass is 9.76. The van der Waals surface area contributed by atoms with Gasteiger partial charge in [0, 0.05) is 6.54 Å². The van der Waals surface area contributed by atoms with Crippen LogP contribution in [-0.4, -0.2) is 29.2 Å². The highest BCUT2D eigenvalue weighted by Gasteiger charge is 2.46. The molecule has 26 heavy (non-hydrogen) atoms. The van der Waals surface area contributed by atoms with E-state index in [1.807, 2.05) is 86.3 Å². The highest BCUT2D eigenvalue weighted by molar-refractivity contribution is 5.69. The highest BCUT2D eigenvalue weighted by atomic mass is 16.6. The first-order valence-corrected chi connectivity index (χ1v) is 9.22. The average molecular weight is 352 g/mol. The molecule has 1 saturated heterocycles. The molecule has 0 aromatic heterocycles. The van der Waals surface area contributed by atoms with Gasteiger partial charge in [-0.05, 0) is 44.7 Å². The fourth-order valence-electron chi connectivity index (χ4n) is 3.76. The van der Waals surface area contributed by atoms with Gasteiger partial charge in [0.05, 0.1) is 11.6 Å². The Bertz CT molecular complexity index is 698. The van der Waals surface area contributed by atoms with Gasteiger partial charge in [0.25, 0.3) is 0 Å². The summed E-state index contributed by atoms with van der Waals surface area (Å²) in [6.07, 6.45) is 1.48. The normalized spacial score (nSPS) is 18.0. The van der Waals surface area contributed by atoms with Crippen LogP contribution in [0.1, 0.15) is 44.7 Å². The van der Waals surface area contributed by atoms with Crippen molar-refractivity contribution in [1.29, 1.82) is 0 Å². The van der Waals surface area contributed by atoms with Gasteiger partial charge >= 0.3 is 6.09 Å². The predicted molar refractivity (Wildman–Crippen MR) is 104 cm³/mol. The van der Waals surface area contributed by atoms with Gasteiger partial charge in [-0.2, -0.15) is 0 Å². The van der Waals surface area contributed by atoms with Crippen LogP contribution in [0, 0.1) is 0 Å². The van der Waals surface area contributed by atoms with Crippen LogP contribution in [0.2, 0.25) is 0 Å². The summed E-state index contributed by atoms with van der Waals surface area (Å²) < 4.78 is 5.65. The van der Waals surface area contributed by atoms with E-state index in [-0.39, 0.29) is 12.1 Å². The molecule has 0 bridgehead atoms. The van der Waals surface area contributed by atoms with E-state index >= 15 is 0 Å². The van der Waals surface area contributed by atoms with E-state index < -0.39 is 11.1 Å². The maximum atomic E-state index is 12.8. The largest absolute Gasteiger partial charge is 0.444 e. The quantitative estimate of drug-likeness (QED) is 0.896. The maximum absolute atomic E-state index is 12.8. The number of ether oxygens (including phenoxy) is 1. The summed E-state index contributed by atoms with van der Waals surface area (Å²) in [7, 11) is 0. The van der Waals surface area contributed by atoms with Crippen molar-refractivity contribution < 1.29 is 9.53 Å². The number of nitrogens with two attached hydrogens (primary N) is 1. The Hall–Kier alpha value is -2.33. The Labute approximate surface area is 156 Å². The van der Waals surface area contributed by atoms with Gasteiger partial charge in [-0.15, -0.1) is 0 Å². The Morgan fingerprint density at radius 3 is 1.96 bits per heavy atom. The molecule has 0 saturated carbocycles. The van der Waals surface area contributed by atoms with E-state index in [0.717, 1.165) is 24.0 Å². The van der Waals surface area contributed by atoms with Crippen molar-refractivity contribution in [2.45, 2.75) is 50.8 Å². The van der Waals surface area contributed by atoms with Crippen LogP contribution in [0.4, 0.5) is 4.79 Å². The van der Waals surface area contributed by atoms with E-state index in [9.17, 15) is 4.79 Å². The Balaban J connectivity index is 2.03. The minimum atomic E-state index is -0.782. The summed E-state index contributed by atoms with van der Waals surface area (Å²) in [5.74, 6) is 0. The maximum Gasteiger partial charge on any atom is 0.410 e. The number of carbonyl (C=O) groups excluding carboxylic acids is 1. The molecule has 1 atom stereocenters. The second-order valence-corrected chi connectivity index (χ2v) is 7.93. The van der Waals surface area contributed by atoms with Gasteiger partial charge in [0.2, 0.25) is 0 Å². The lowest BCUT2D eigenvalue weighted by Gasteiger charge is -2.41. The number of carbonyl (C=O) groups is 1. The second-order valence-electron chi connectivity index (χ2n) is 7.93. The molecule has 1 amide bonds. The molecule has 4 heteroatoms. The number of likely N-dealkylation sites (tertiary alicyclic amines) is 1. The lowest BCUT2D eigenvalue weighted by Crippen LogP contribution is -2.56. The lowest BCUT2D eigenvalue weighted by molar-refractivity contribution is 0.0172. The predicted octanol–water partition coefficient (Wildman–Crippen LogP) is 4.29. The van der Waals surface area contributed by atoms with Crippen LogP contribution in [0.15, 0.2) is 60.7 Å². The zero-order valence-electron chi connectivity index (χ0n) is 15.8. The van der Waals surface area contributed by atoms with Gasteiger partial charge < -0.3 is 15.4 Å². The summed E-state index contributed by atoms with van der Waals surface area (Å²) in [4.78, 5) is 14.6. The molecule has 2 aromatic rings. The third kappa shape index (κ3) is 3.61. The van der Waals surface area contributed by atoms with Gasteiger partial charge in [0.15, 0.2) is 0 Å². The molecule has 0 spiro atoms. The Morgan fingerprint density at radius 1 is 1.00 bits per heavy atom. The summed E-state index contributed by atoms with van der Waals surface area (Å²) in [5, 5.41) is 0. The fraction of sp³-hybridized carbons (Fsp3) is 0.409. The molecule has 4 nitrogen and oxygen atoms in total.